The maximum Gasteiger partial charge on any atom is 0.116 e. The maximum atomic E-state index is 10.6. The van der Waals surface area contributed by atoms with Crippen molar-refractivity contribution >= 4 is 11.6 Å². The quantitative estimate of drug-likeness (QED) is 0.181. The first-order valence-electron chi connectivity index (χ1n) is 12.8. The summed E-state index contributed by atoms with van der Waals surface area (Å²) in [5.74, 6) is 0.293. The Balaban J connectivity index is 0.00000544. The fourth-order valence-corrected chi connectivity index (χ4v) is 4.90. The molecule has 2 rings (SSSR count). The van der Waals surface area contributed by atoms with Crippen molar-refractivity contribution in [2.75, 3.05) is 19.0 Å². The van der Waals surface area contributed by atoms with Gasteiger partial charge in [0.05, 0.1) is 12.4 Å². The molecule has 33 heavy (non-hydrogen) atoms. The van der Waals surface area contributed by atoms with E-state index in [4.69, 9.17) is 11.6 Å². The van der Waals surface area contributed by atoms with E-state index < -0.39 is 6.10 Å². The molecule has 0 fully saturated rings. The Bertz CT molecular complexity index is 654. The Morgan fingerprint density at radius 2 is 1.12 bits per heavy atom. The van der Waals surface area contributed by atoms with Crippen LogP contribution in [0.15, 0.2) is 60.7 Å². The van der Waals surface area contributed by atoms with Crippen LogP contribution >= 0.6 is 11.6 Å². The number of alkyl halides is 1. The summed E-state index contributed by atoms with van der Waals surface area (Å²) in [6, 6.07) is 21.5. The number of aliphatic hydroxyl groups excluding tert-OH is 1. The molecule has 1 N–H and O–H groups in total. The monoisotopic (exact) mass is 493 g/mol. The smallest absolute Gasteiger partial charge is 0.116 e. The van der Waals surface area contributed by atoms with E-state index in [0.29, 0.717) is 12.4 Å². The van der Waals surface area contributed by atoms with Crippen LogP contribution in [0.1, 0.15) is 82.3 Å². The van der Waals surface area contributed by atoms with Crippen LogP contribution in [0.4, 0.5) is 0 Å². The van der Waals surface area contributed by atoms with Gasteiger partial charge in [-0.05, 0) is 12.8 Å². The summed E-state index contributed by atoms with van der Waals surface area (Å²) in [6.45, 7) is 5.92. The van der Waals surface area contributed by atoms with Crippen molar-refractivity contribution in [1.29, 1.82) is 0 Å². The van der Waals surface area contributed by atoms with E-state index in [1.165, 1.54) is 75.3 Å². The predicted molar refractivity (Wildman–Crippen MR) is 139 cm³/mol. The minimum Gasteiger partial charge on any atom is -1.00 e. The summed E-state index contributed by atoms with van der Waals surface area (Å²) in [5, 5.41) is 10.6. The third-order valence-corrected chi connectivity index (χ3v) is 6.84. The van der Waals surface area contributed by atoms with E-state index in [0.717, 1.165) is 24.1 Å². The highest BCUT2D eigenvalue weighted by atomic mass is 35.5. The Morgan fingerprint density at radius 1 is 0.697 bits per heavy atom. The zero-order valence-electron chi connectivity index (χ0n) is 20.6. The molecule has 0 aliphatic heterocycles. The summed E-state index contributed by atoms with van der Waals surface area (Å²) in [5.41, 5.74) is 2.66. The number of halogens is 2. The van der Waals surface area contributed by atoms with Gasteiger partial charge in [-0.1, -0.05) is 119 Å². The van der Waals surface area contributed by atoms with Crippen LogP contribution in [0.2, 0.25) is 0 Å². The zero-order valence-corrected chi connectivity index (χ0v) is 22.1. The molecule has 1 unspecified atom stereocenters. The summed E-state index contributed by atoms with van der Waals surface area (Å²) in [4.78, 5) is 0. The molecule has 2 aromatic rings. The lowest BCUT2D eigenvalue weighted by Gasteiger charge is -2.40. The van der Waals surface area contributed by atoms with E-state index in [-0.39, 0.29) is 12.4 Å². The molecule has 0 radical (unpaired) electrons. The van der Waals surface area contributed by atoms with Crippen molar-refractivity contribution in [2.45, 2.75) is 90.3 Å². The fourth-order valence-electron chi connectivity index (χ4n) is 4.81. The van der Waals surface area contributed by atoms with Gasteiger partial charge in [0.1, 0.15) is 25.7 Å². The van der Waals surface area contributed by atoms with Gasteiger partial charge < -0.3 is 22.0 Å². The van der Waals surface area contributed by atoms with E-state index in [2.05, 4.69) is 67.6 Å². The summed E-state index contributed by atoms with van der Waals surface area (Å²) in [7, 11) is 0. The van der Waals surface area contributed by atoms with E-state index in [1.807, 2.05) is 0 Å². The average Bonchev–Trinajstić information content (AvgIpc) is 2.81. The molecule has 0 bridgehead atoms. The number of unbranched alkanes of at least 4 members (excludes halogenated alkanes) is 9. The Kier molecular flexibility index (Phi) is 16.6. The number of rotatable bonds is 18. The molecule has 0 spiro atoms. The molecule has 0 aliphatic rings. The normalized spacial score (nSPS) is 12.3. The molecule has 0 saturated carbocycles. The van der Waals surface area contributed by atoms with Crippen molar-refractivity contribution in [2.24, 2.45) is 0 Å². The highest BCUT2D eigenvalue weighted by Crippen LogP contribution is 2.23. The third kappa shape index (κ3) is 12.8. The van der Waals surface area contributed by atoms with Gasteiger partial charge in [0.15, 0.2) is 0 Å². The van der Waals surface area contributed by atoms with Gasteiger partial charge in [0.25, 0.3) is 0 Å². The standard InChI is InChI=1S/C29H45ClNO.ClH/c1-2-3-4-5-6-7-8-9-10-17-22-31(26-29(32)23-30,24-27-18-13-11-14-19-27)25-28-20-15-12-16-21-28;/h11-16,18-21,29,32H,2-10,17,22-26H2,1H3;1H/q+1;/p-1. The predicted octanol–water partition coefficient (Wildman–Crippen LogP) is 4.73. The van der Waals surface area contributed by atoms with E-state index in [9.17, 15) is 5.11 Å². The van der Waals surface area contributed by atoms with Crippen molar-refractivity contribution < 1.29 is 22.0 Å². The number of hydrogen-bond donors (Lipinski definition) is 1. The van der Waals surface area contributed by atoms with Crippen LogP contribution in [0.3, 0.4) is 0 Å². The van der Waals surface area contributed by atoms with Gasteiger partial charge in [-0.25, -0.2) is 0 Å². The largest absolute Gasteiger partial charge is 1.00 e. The molecule has 186 valence electrons. The van der Waals surface area contributed by atoms with Crippen LogP contribution < -0.4 is 12.4 Å². The SMILES string of the molecule is CCCCCCCCCCCC[N+](Cc1ccccc1)(Cc1ccccc1)CC(O)CCl.[Cl-]. The number of quaternary nitrogens is 1. The van der Waals surface area contributed by atoms with Crippen LogP contribution in [0.5, 0.6) is 0 Å². The Morgan fingerprint density at radius 3 is 1.55 bits per heavy atom. The minimum atomic E-state index is -0.479. The molecule has 1 atom stereocenters. The average molecular weight is 495 g/mol. The first-order chi connectivity index (χ1) is 15.7. The Labute approximate surface area is 214 Å². The topological polar surface area (TPSA) is 20.2 Å². The lowest BCUT2D eigenvalue weighted by molar-refractivity contribution is -0.956. The van der Waals surface area contributed by atoms with Crippen LogP contribution in [-0.4, -0.2) is 34.7 Å². The van der Waals surface area contributed by atoms with Gasteiger partial charge >= 0.3 is 0 Å². The van der Waals surface area contributed by atoms with Crippen molar-refractivity contribution in [3.63, 3.8) is 0 Å². The first kappa shape index (κ1) is 30.0. The minimum absolute atomic E-state index is 0. The second kappa shape index (κ2) is 18.3. The first-order valence-corrected chi connectivity index (χ1v) is 13.4. The molecule has 0 amide bonds. The molecule has 2 nitrogen and oxygen atoms in total. The number of nitrogens with zero attached hydrogens (tertiary/aromatic N) is 1. The van der Waals surface area contributed by atoms with Gasteiger partial charge in [0, 0.05) is 11.1 Å². The maximum absolute atomic E-state index is 10.6. The molecule has 2 aromatic carbocycles. The van der Waals surface area contributed by atoms with Crippen molar-refractivity contribution in [3.05, 3.63) is 71.8 Å². The summed E-state index contributed by atoms with van der Waals surface area (Å²) in [6.07, 6.45) is 13.0. The molecule has 0 aliphatic carbocycles. The van der Waals surface area contributed by atoms with Gasteiger partial charge in [0.2, 0.25) is 0 Å². The van der Waals surface area contributed by atoms with Crippen LogP contribution in [-0.2, 0) is 13.1 Å². The fraction of sp³-hybridized carbons (Fsp3) is 0.586. The zero-order chi connectivity index (χ0) is 22.9. The molecule has 0 heterocycles. The van der Waals surface area contributed by atoms with Gasteiger partial charge in [-0.2, -0.15) is 0 Å². The number of benzene rings is 2. The van der Waals surface area contributed by atoms with Crippen LogP contribution in [0.25, 0.3) is 0 Å². The third-order valence-electron chi connectivity index (χ3n) is 6.48. The molecule has 0 aromatic heterocycles. The Hall–Kier alpha value is -1.06. The second-order valence-electron chi connectivity index (χ2n) is 9.53. The lowest BCUT2D eigenvalue weighted by Crippen LogP contribution is -3.00. The molecule has 4 heteroatoms. The number of aliphatic hydroxyl groups is 1. The molecular formula is C29H45Cl2NO. The molecule has 0 saturated heterocycles. The van der Waals surface area contributed by atoms with Crippen molar-refractivity contribution in [3.8, 4) is 0 Å². The van der Waals surface area contributed by atoms with E-state index >= 15 is 0 Å². The highest BCUT2D eigenvalue weighted by Gasteiger charge is 2.30. The van der Waals surface area contributed by atoms with Crippen molar-refractivity contribution in [1.82, 2.24) is 0 Å². The summed E-state index contributed by atoms with van der Waals surface area (Å²) < 4.78 is 0.860. The van der Waals surface area contributed by atoms with Crippen LogP contribution in [0, 0.1) is 0 Å². The highest BCUT2D eigenvalue weighted by molar-refractivity contribution is 6.18. The number of hydrogen-bond acceptors (Lipinski definition) is 1. The lowest BCUT2D eigenvalue weighted by atomic mass is 10.0. The van der Waals surface area contributed by atoms with E-state index in [1.54, 1.807) is 0 Å². The second-order valence-corrected chi connectivity index (χ2v) is 9.83. The van der Waals surface area contributed by atoms with Gasteiger partial charge in [-0.3, -0.25) is 0 Å². The van der Waals surface area contributed by atoms with Gasteiger partial charge in [-0.15, -0.1) is 11.6 Å². The molecular weight excluding hydrogens is 449 g/mol. The summed E-state index contributed by atoms with van der Waals surface area (Å²) >= 11 is 6.07.